The standard InChI is InChI=1S/C34H30N2/c1-3-35-31-14-7-5-12-27(31)29-21-25(16-18-33(29)35)23-10-9-11-24(20-23)26-17-19-34-30(22-26)28-13-6-8-15-32(28)36(34)4-2/h5-7,9-14,16-22H,3-4,8,15H2,1-2H3. The highest BCUT2D eigenvalue weighted by atomic mass is 15.0. The zero-order chi connectivity index (χ0) is 24.2. The van der Waals surface area contributed by atoms with Crippen LogP contribution in [0.15, 0.2) is 91.0 Å². The van der Waals surface area contributed by atoms with Gasteiger partial charge in [0.05, 0.1) is 0 Å². The summed E-state index contributed by atoms with van der Waals surface area (Å²) in [5.74, 6) is 0. The molecule has 1 aliphatic carbocycles. The smallest absolute Gasteiger partial charge is 0.0491 e. The van der Waals surface area contributed by atoms with Crippen LogP contribution in [0.25, 0.3) is 61.0 Å². The first-order chi connectivity index (χ1) is 17.8. The van der Waals surface area contributed by atoms with Gasteiger partial charge in [-0.2, -0.15) is 0 Å². The summed E-state index contributed by atoms with van der Waals surface area (Å²) in [4.78, 5) is 0. The van der Waals surface area contributed by atoms with Gasteiger partial charge in [-0.1, -0.05) is 60.7 Å². The fraction of sp³-hybridized carbons (Fsp3) is 0.176. The molecule has 0 saturated carbocycles. The van der Waals surface area contributed by atoms with E-state index in [4.69, 9.17) is 0 Å². The number of fused-ring (bicyclic) bond motifs is 6. The number of aryl methyl sites for hydroxylation is 2. The molecule has 1 aliphatic rings. The van der Waals surface area contributed by atoms with Gasteiger partial charge in [0.1, 0.15) is 0 Å². The molecule has 2 nitrogen and oxygen atoms in total. The van der Waals surface area contributed by atoms with E-state index in [9.17, 15) is 0 Å². The molecule has 0 bridgehead atoms. The van der Waals surface area contributed by atoms with E-state index < -0.39 is 0 Å². The first kappa shape index (κ1) is 21.3. The molecule has 2 heteroatoms. The lowest BCUT2D eigenvalue weighted by Crippen LogP contribution is -2.02. The third-order valence-electron chi connectivity index (χ3n) is 7.98. The molecule has 0 spiro atoms. The Morgan fingerprint density at radius 2 is 1.22 bits per heavy atom. The van der Waals surface area contributed by atoms with Crippen LogP contribution in [0.2, 0.25) is 0 Å². The lowest BCUT2D eigenvalue weighted by molar-refractivity contribution is 0.729. The van der Waals surface area contributed by atoms with Gasteiger partial charge in [-0.05, 0) is 85.3 Å². The van der Waals surface area contributed by atoms with Crippen LogP contribution in [0.3, 0.4) is 0 Å². The van der Waals surface area contributed by atoms with Crippen molar-refractivity contribution in [1.82, 2.24) is 9.13 Å². The Morgan fingerprint density at radius 1 is 0.583 bits per heavy atom. The number of rotatable bonds is 4. The van der Waals surface area contributed by atoms with Crippen LogP contribution in [0.1, 0.15) is 31.5 Å². The van der Waals surface area contributed by atoms with Crippen molar-refractivity contribution in [3.63, 3.8) is 0 Å². The van der Waals surface area contributed by atoms with Gasteiger partial charge in [-0.25, -0.2) is 0 Å². The summed E-state index contributed by atoms with van der Waals surface area (Å²) in [6, 6.07) is 31.7. The van der Waals surface area contributed by atoms with Gasteiger partial charge in [0.2, 0.25) is 0 Å². The van der Waals surface area contributed by atoms with E-state index in [0.717, 1.165) is 25.9 Å². The highest BCUT2D eigenvalue weighted by Crippen LogP contribution is 2.36. The predicted molar refractivity (Wildman–Crippen MR) is 155 cm³/mol. The zero-order valence-electron chi connectivity index (χ0n) is 21.0. The van der Waals surface area contributed by atoms with Gasteiger partial charge in [-0.15, -0.1) is 0 Å². The van der Waals surface area contributed by atoms with Crippen LogP contribution in [0.5, 0.6) is 0 Å². The summed E-state index contributed by atoms with van der Waals surface area (Å²) >= 11 is 0. The largest absolute Gasteiger partial charge is 0.344 e. The first-order valence-electron chi connectivity index (χ1n) is 13.2. The lowest BCUT2D eigenvalue weighted by atomic mass is 9.96. The maximum Gasteiger partial charge on any atom is 0.0491 e. The van der Waals surface area contributed by atoms with Crippen LogP contribution in [-0.4, -0.2) is 9.13 Å². The van der Waals surface area contributed by atoms with E-state index in [1.807, 2.05) is 0 Å². The van der Waals surface area contributed by atoms with Crippen LogP contribution in [0.4, 0.5) is 0 Å². The predicted octanol–water partition coefficient (Wildman–Crippen LogP) is 9.08. The molecule has 0 aliphatic heterocycles. The van der Waals surface area contributed by atoms with E-state index in [1.165, 1.54) is 66.2 Å². The summed E-state index contributed by atoms with van der Waals surface area (Å²) < 4.78 is 4.91. The second kappa shape index (κ2) is 8.27. The molecular weight excluding hydrogens is 436 g/mol. The van der Waals surface area contributed by atoms with Crippen LogP contribution in [-0.2, 0) is 19.5 Å². The fourth-order valence-corrected chi connectivity index (χ4v) is 6.30. The molecular formula is C34H30N2. The van der Waals surface area contributed by atoms with E-state index >= 15 is 0 Å². The van der Waals surface area contributed by atoms with Crippen LogP contribution >= 0.6 is 0 Å². The molecule has 0 unspecified atom stereocenters. The minimum Gasteiger partial charge on any atom is -0.344 e. The van der Waals surface area contributed by atoms with Gasteiger partial charge >= 0.3 is 0 Å². The maximum absolute atomic E-state index is 2.50. The molecule has 0 amide bonds. The molecule has 0 atom stereocenters. The maximum atomic E-state index is 2.50. The molecule has 36 heavy (non-hydrogen) atoms. The Bertz CT molecular complexity index is 1810. The summed E-state index contributed by atoms with van der Waals surface area (Å²) in [5.41, 5.74) is 11.9. The molecule has 7 rings (SSSR count). The number of hydrogen-bond donors (Lipinski definition) is 0. The molecule has 176 valence electrons. The van der Waals surface area contributed by atoms with Crippen molar-refractivity contribution in [1.29, 1.82) is 0 Å². The van der Waals surface area contributed by atoms with Crippen LogP contribution < -0.4 is 0 Å². The van der Waals surface area contributed by atoms with Crippen molar-refractivity contribution < 1.29 is 0 Å². The summed E-state index contributed by atoms with van der Waals surface area (Å²) in [7, 11) is 0. The van der Waals surface area contributed by atoms with Crippen LogP contribution in [0, 0.1) is 0 Å². The van der Waals surface area contributed by atoms with E-state index in [-0.39, 0.29) is 0 Å². The number of aromatic nitrogens is 2. The Kier molecular flexibility index (Phi) is 4.89. The molecule has 0 radical (unpaired) electrons. The third kappa shape index (κ3) is 3.10. The van der Waals surface area contributed by atoms with E-state index in [1.54, 1.807) is 0 Å². The number of benzene rings is 4. The number of para-hydroxylation sites is 1. The summed E-state index contributed by atoms with van der Waals surface area (Å²) in [5, 5.41) is 4.03. The number of allylic oxidation sites excluding steroid dienone is 1. The molecule has 4 aromatic carbocycles. The minimum atomic E-state index is 0.972. The van der Waals surface area contributed by atoms with Crippen molar-refractivity contribution in [3.8, 4) is 22.3 Å². The summed E-state index contributed by atoms with van der Waals surface area (Å²) in [6.07, 6.45) is 6.92. The number of nitrogens with zero attached hydrogens (tertiary/aromatic N) is 2. The van der Waals surface area contributed by atoms with Gasteiger partial charge in [0.15, 0.2) is 0 Å². The summed E-state index contributed by atoms with van der Waals surface area (Å²) in [6.45, 7) is 6.47. The molecule has 0 fully saturated rings. The van der Waals surface area contributed by atoms with Crippen molar-refractivity contribution >= 4 is 38.8 Å². The van der Waals surface area contributed by atoms with Crippen molar-refractivity contribution in [3.05, 3.63) is 102 Å². The molecule has 2 aromatic heterocycles. The second-order valence-corrected chi connectivity index (χ2v) is 9.85. The van der Waals surface area contributed by atoms with E-state index in [0.29, 0.717) is 0 Å². The highest BCUT2D eigenvalue weighted by molar-refractivity contribution is 6.09. The Morgan fingerprint density at radius 3 is 1.97 bits per heavy atom. The first-order valence-corrected chi connectivity index (χ1v) is 13.2. The molecule has 6 aromatic rings. The van der Waals surface area contributed by atoms with Crippen molar-refractivity contribution in [2.24, 2.45) is 0 Å². The normalized spacial score (nSPS) is 13.2. The third-order valence-corrected chi connectivity index (χ3v) is 7.98. The minimum absolute atomic E-state index is 0.972. The molecule has 0 saturated heterocycles. The SMILES string of the molecule is CCn1c2c(c3cc(-c4cccc(-c5ccc6c(c5)c5ccccc5n6CC)c4)ccc31)C=CCC2. The Balaban J connectivity index is 1.35. The topological polar surface area (TPSA) is 9.86 Å². The van der Waals surface area contributed by atoms with Crippen molar-refractivity contribution in [2.75, 3.05) is 0 Å². The van der Waals surface area contributed by atoms with Gasteiger partial charge < -0.3 is 9.13 Å². The van der Waals surface area contributed by atoms with Gasteiger partial charge in [0.25, 0.3) is 0 Å². The average Bonchev–Trinajstić information content (AvgIpc) is 3.44. The fourth-order valence-electron chi connectivity index (χ4n) is 6.30. The van der Waals surface area contributed by atoms with E-state index in [2.05, 4.69) is 120 Å². The second-order valence-electron chi connectivity index (χ2n) is 9.85. The van der Waals surface area contributed by atoms with Gasteiger partial charge in [-0.3, -0.25) is 0 Å². The average molecular weight is 467 g/mol. The highest BCUT2D eigenvalue weighted by Gasteiger charge is 2.17. The zero-order valence-corrected chi connectivity index (χ0v) is 21.0. The molecule has 2 heterocycles. The van der Waals surface area contributed by atoms with Gasteiger partial charge in [0, 0.05) is 57.1 Å². The van der Waals surface area contributed by atoms with Crippen molar-refractivity contribution in [2.45, 2.75) is 39.8 Å². The Labute approximate surface area is 212 Å². The quantitative estimate of drug-likeness (QED) is 0.245. The molecule has 0 N–H and O–H groups in total. The Hall–Kier alpha value is -4.04. The lowest BCUT2D eigenvalue weighted by Gasteiger charge is -2.10. The monoisotopic (exact) mass is 466 g/mol. The number of hydrogen-bond acceptors (Lipinski definition) is 0.